The van der Waals surface area contributed by atoms with Crippen molar-refractivity contribution in [1.82, 2.24) is 37.2 Å². The fourth-order valence-electron chi connectivity index (χ4n) is 6.12. The number of nitrogens with one attached hydrogen (secondary N) is 7. The molecule has 64 heavy (non-hydrogen) atoms. The predicted octanol–water partition coefficient (Wildman–Crippen LogP) is -1.81. The first kappa shape index (κ1) is 54.1. The Bertz CT molecular complexity index is 1900. The Kier molecular flexibility index (Phi) is 23.0. The minimum absolute atomic E-state index is 0.0654. The zero-order chi connectivity index (χ0) is 48.1. The standard InChI is InChI=1S/C43H63N9O11S/c1-23(2)18-31(48-37(57)24(3)44)40(60)50-33(20-28-12-14-30(55)15-13-28)41(61)51-34(21-35(45)56)42(62)49-32(19-27-10-8-7-9-11-27)39(59)46-25(4)38(58)52-36(26(5)54)43(63)47-29(22-53)16-17-64-6/h7-15,22-26,29,31-34,36,54-55H,16-21,44H2,1-6H3,(H2,45,56)(H,46,59)(H,47,63)(H,48,57)(H,49,62)(H,50,60)(H,51,61)(H,52,58)/t24-,25-,26+,29-,31-,32-,33-,34-,36-/m0/s1. The molecule has 2 aromatic rings. The summed E-state index contributed by atoms with van der Waals surface area (Å²) in [6, 6.07) is 3.84. The molecule has 2 rings (SSSR count). The van der Waals surface area contributed by atoms with E-state index in [-0.39, 0.29) is 30.9 Å². The third-order valence-electron chi connectivity index (χ3n) is 9.66. The normalized spacial score (nSPS) is 15.3. The van der Waals surface area contributed by atoms with Gasteiger partial charge in [-0.3, -0.25) is 38.4 Å². The minimum atomic E-state index is -1.70. The van der Waals surface area contributed by atoms with Gasteiger partial charge < -0.3 is 63.7 Å². The predicted molar refractivity (Wildman–Crippen MR) is 239 cm³/mol. The molecule has 0 aliphatic heterocycles. The van der Waals surface area contributed by atoms with Crippen molar-refractivity contribution in [2.75, 3.05) is 12.0 Å². The van der Waals surface area contributed by atoms with Crippen molar-refractivity contribution in [3.05, 3.63) is 65.7 Å². The Morgan fingerprint density at radius 1 is 0.641 bits per heavy atom. The number of aldehydes is 1. The zero-order valence-electron chi connectivity index (χ0n) is 36.9. The zero-order valence-corrected chi connectivity index (χ0v) is 37.7. The molecule has 9 atom stereocenters. The number of phenolic OH excluding ortho intramolecular Hbond substituents is 1. The molecular formula is C43H63N9O11S. The van der Waals surface area contributed by atoms with Gasteiger partial charge in [0.25, 0.3) is 0 Å². The highest BCUT2D eigenvalue weighted by Gasteiger charge is 2.35. The van der Waals surface area contributed by atoms with E-state index >= 15 is 0 Å². The summed E-state index contributed by atoms with van der Waals surface area (Å²) in [4.78, 5) is 118. The summed E-state index contributed by atoms with van der Waals surface area (Å²) in [5.74, 6) is -6.53. The number of benzene rings is 2. The van der Waals surface area contributed by atoms with Crippen molar-refractivity contribution >= 4 is 65.3 Å². The van der Waals surface area contributed by atoms with Crippen molar-refractivity contribution < 1.29 is 53.4 Å². The maximum absolute atomic E-state index is 14.1. The lowest BCUT2D eigenvalue weighted by molar-refractivity contribution is -0.136. The van der Waals surface area contributed by atoms with E-state index < -0.39 is 108 Å². The van der Waals surface area contributed by atoms with Crippen LogP contribution in [-0.2, 0) is 56.0 Å². The molecule has 0 saturated heterocycles. The molecule has 0 aromatic heterocycles. The van der Waals surface area contributed by atoms with Gasteiger partial charge in [-0.15, -0.1) is 0 Å². The minimum Gasteiger partial charge on any atom is -0.508 e. The molecule has 0 saturated carbocycles. The number of rotatable bonds is 27. The number of nitrogens with two attached hydrogens (primary N) is 2. The van der Waals surface area contributed by atoms with Crippen LogP contribution in [-0.4, -0.2) is 130 Å². The third-order valence-corrected chi connectivity index (χ3v) is 10.3. The van der Waals surface area contributed by atoms with Crippen LogP contribution >= 0.6 is 11.8 Å². The fraction of sp³-hybridized carbons (Fsp3) is 0.512. The second-order valence-corrected chi connectivity index (χ2v) is 16.9. The Balaban J connectivity index is 2.40. The van der Waals surface area contributed by atoms with Gasteiger partial charge >= 0.3 is 0 Å². The summed E-state index contributed by atoms with van der Waals surface area (Å²) in [6.07, 6.45) is 0.385. The van der Waals surface area contributed by atoms with Gasteiger partial charge in [-0.1, -0.05) is 56.3 Å². The maximum atomic E-state index is 14.1. The Labute approximate surface area is 376 Å². The molecule has 0 aliphatic rings. The highest BCUT2D eigenvalue weighted by atomic mass is 32.2. The van der Waals surface area contributed by atoms with Gasteiger partial charge in [0.2, 0.25) is 47.3 Å². The second kappa shape index (κ2) is 27.2. The van der Waals surface area contributed by atoms with Gasteiger partial charge in [0.05, 0.1) is 24.6 Å². The number of carbonyl (C=O) groups is 9. The monoisotopic (exact) mass is 913 g/mol. The summed E-state index contributed by atoms with van der Waals surface area (Å²) in [5.41, 5.74) is 12.3. The first-order chi connectivity index (χ1) is 30.1. The quantitative estimate of drug-likeness (QED) is 0.0441. The average Bonchev–Trinajstić information content (AvgIpc) is 3.23. The van der Waals surface area contributed by atoms with E-state index in [2.05, 4.69) is 37.2 Å². The number of phenols is 1. The van der Waals surface area contributed by atoms with Crippen LogP contribution in [0.2, 0.25) is 0 Å². The van der Waals surface area contributed by atoms with Crippen LogP contribution in [0.5, 0.6) is 5.75 Å². The first-order valence-corrected chi connectivity index (χ1v) is 22.2. The van der Waals surface area contributed by atoms with Crippen LogP contribution < -0.4 is 48.7 Å². The second-order valence-electron chi connectivity index (χ2n) is 15.9. The van der Waals surface area contributed by atoms with Crippen molar-refractivity contribution in [2.24, 2.45) is 17.4 Å². The van der Waals surface area contributed by atoms with E-state index in [1.807, 2.05) is 20.1 Å². The number of amides is 8. The molecule has 2 aromatic carbocycles. The first-order valence-electron chi connectivity index (χ1n) is 20.8. The number of carbonyl (C=O) groups excluding carboxylic acids is 9. The molecule has 13 N–H and O–H groups in total. The molecule has 0 bridgehead atoms. The van der Waals surface area contributed by atoms with Gasteiger partial charge in [-0.25, -0.2) is 0 Å². The number of hydrogen-bond acceptors (Lipinski definition) is 13. The molecule has 352 valence electrons. The summed E-state index contributed by atoms with van der Waals surface area (Å²) in [5, 5.41) is 37.7. The highest BCUT2D eigenvalue weighted by molar-refractivity contribution is 7.98. The third kappa shape index (κ3) is 19.1. The topological polar surface area (TPSA) is 330 Å². The molecule has 8 amide bonds. The van der Waals surface area contributed by atoms with Crippen molar-refractivity contribution in [1.29, 1.82) is 0 Å². The molecule has 20 nitrogen and oxygen atoms in total. The number of aromatic hydroxyl groups is 1. The molecule has 0 unspecified atom stereocenters. The van der Waals surface area contributed by atoms with Gasteiger partial charge in [-0.2, -0.15) is 11.8 Å². The van der Waals surface area contributed by atoms with E-state index in [1.165, 1.54) is 56.8 Å². The highest BCUT2D eigenvalue weighted by Crippen LogP contribution is 2.14. The van der Waals surface area contributed by atoms with E-state index in [0.29, 0.717) is 29.6 Å². The largest absolute Gasteiger partial charge is 0.508 e. The van der Waals surface area contributed by atoms with Crippen LogP contribution in [0.3, 0.4) is 0 Å². The van der Waals surface area contributed by atoms with Crippen molar-refractivity contribution in [3.63, 3.8) is 0 Å². The Morgan fingerprint density at radius 3 is 1.64 bits per heavy atom. The molecule has 0 aliphatic carbocycles. The van der Waals surface area contributed by atoms with Crippen LogP contribution in [0.15, 0.2) is 54.6 Å². The number of hydrogen-bond donors (Lipinski definition) is 11. The SMILES string of the molecule is CSCC[C@@H](C=O)NC(=O)[C@@H](NC(=O)[C@H](C)NC(=O)[C@H](Cc1ccccc1)NC(=O)[C@H](CC(N)=O)NC(=O)[C@H](Cc1ccc(O)cc1)NC(=O)[C@H](CC(C)C)NC(=O)[C@H](C)N)[C@@H](C)O. The van der Waals surface area contributed by atoms with Crippen LogP contribution in [0.1, 0.15) is 65.0 Å². The van der Waals surface area contributed by atoms with Crippen LogP contribution in [0.25, 0.3) is 0 Å². The molecular weight excluding hydrogens is 851 g/mol. The van der Waals surface area contributed by atoms with Gasteiger partial charge in [0.15, 0.2) is 0 Å². The summed E-state index contributed by atoms with van der Waals surface area (Å²) in [7, 11) is 0. The van der Waals surface area contributed by atoms with E-state index in [1.54, 1.807) is 30.3 Å². The molecule has 0 spiro atoms. The van der Waals surface area contributed by atoms with Gasteiger partial charge in [0.1, 0.15) is 48.3 Å². The summed E-state index contributed by atoms with van der Waals surface area (Å²) < 4.78 is 0. The Morgan fingerprint density at radius 2 is 1.14 bits per heavy atom. The van der Waals surface area contributed by atoms with Gasteiger partial charge in [0, 0.05) is 12.8 Å². The lowest BCUT2D eigenvalue weighted by atomic mass is 10.00. The maximum Gasteiger partial charge on any atom is 0.245 e. The lowest BCUT2D eigenvalue weighted by Crippen LogP contribution is -2.61. The van der Waals surface area contributed by atoms with E-state index in [9.17, 15) is 53.4 Å². The molecule has 0 heterocycles. The Hall–Kier alpha value is -6.06. The smallest absolute Gasteiger partial charge is 0.245 e. The van der Waals surface area contributed by atoms with Crippen molar-refractivity contribution in [2.45, 2.75) is 121 Å². The summed E-state index contributed by atoms with van der Waals surface area (Å²) in [6.45, 7) is 7.64. The van der Waals surface area contributed by atoms with E-state index in [0.717, 1.165) is 0 Å². The molecule has 0 fully saturated rings. The fourth-order valence-corrected chi connectivity index (χ4v) is 6.61. The molecule has 0 radical (unpaired) electrons. The van der Waals surface area contributed by atoms with Gasteiger partial charge in [-0.05, 0) is 74.8 Å². The molecule has 21 heteroatoms. The summed E-state index contributed by atoms with van der Waals surface area (Å²) >= 11 is 1.46. The van der Waals surface area contributed by atoms with Crippen molar-refractivity contribution in [3.8, 4) is 5.75 Å². The number of aliphatic hydroxyl groups is 1. The average molecular weight is 914 g/mol. The lowest BCUT2D eigenvalue weighted by Gasteiger charge is -2.27. The number of primary amides is 1. The van der Waals surface area contributed by atoms with Crippen LogP contribution in [0, 0.1) is 5.92 Å². The number of thioether (sulfide) groups is 1. The van der Waals surface area contributed by atoms with Crippen LogP contribution in [0.4, 0.5) is 0 Å². The number of aliphatic hydroxyl groups excluding tert-OH is 1. The van der Waals surface area contributed by atoms with E-state index in [4.69, 9.17) is 11.5 Å².